The standard InChI is InChI=1S/C21H27N3O4S/c1-15-4-7-18(8-5-15)29(27,28)22-19-9-6-17(3)24(21(19)26)14-20(25)23-12-10-16(2)11-13-23/h4-9,16,22H,10-14H2,1-3H3. The number of piperidine rings is 1. The minimum Gasteiger partial charge on any atom is -0.341 e. The van der Waals surface area contributed by atoms with Gasteiger partial charge in [0.25, 0.3) is 15.6 Å². The Hall–Kier alpha value is -2.61. The number of carbonyl (C=O) groups is 1. The molecule has 1 aliphatic heterocycles. The third kappa shape index (κ3) is 4.87. The molecule has 0 atom stereocenters. The zero-order valence-corrected chi connectivity index (χ0v) is 17.8. The van der Waals surface area contributed by atoms with Crippen molar-refractivity contribution in [3.05, 3.63) is 58.0 Å². The molecule has 7 nitrogen and oxygen atoms in total. The number of nitrogens with one attached hydrogen (secondary N) is 1. The summed E-state index contributed by atoms with van der Waals surface area (Å²) < 4.78 is 28.9. The van der Waals surface area contributed by atoms with Gasteiger partial charge in [0.15, 0.2) is 0 Å². The maximum absolute atomic E-state index is 12.9. The SMILES string of the molecule is Cc1ccc(S(=O)(=O)Nc2ccc(C)n(CC(=O)N3CCC(C)CC3)c2=O)cc1. The Morgan fingerprint density at radius 2 is 1.69 bits per heavy atom. The lowest BCUT2D eigenvalue weighted by Gasteiger charge is -2.30. The summed E-state index contributed by atoms with van der Waals surface area (Å²) in [5.74, 6) is 0.476. The smallest absolute Gasteiger partial charge is 0.275 e. The number of sulfonamides is 1. The number of nitrogens with zero attached hydrogens (tertiary/aromatic N) is 2. The Labute approximate surface area is 171 Å². The fourth-order valence-electron chi connectivity index (χ4n) is 3.36. The van der Waals surface area contributed by atoms with Crippen LogP contribution in [0.5, 0.6) is 0 Å². The minimum atomic E-state index is -3.90. The number of aromatic nitrogens is 1. The molecule has 0 saturated carbocycles. The highest BCUT2D eigenvalue weighted by Crippen LogP contribution is 2.17. The molecule has 1 amide bonds. The highest BCUT2D eigenvalue weighted by Gasteiger charge is 2.22. The molecular weight excluding hydrogens is 390 g/mol. The molecule has 0 unspecified atom stereocenters. The summed E-state index contributed by atoms with van der Waals surface area (Å²) in [6.07, 6.45) is 1.91. The molecule has 0 bridgehead atoms. The maximum Gasteiger partial charge on any atom is 0.275 e. The van der Waals surface area contributed by atoms with Crippen LogP contribution in [0, 0.1) is 19.8 Å². The second-order valence-electron chi connectivity index (χ2n) is 7.76. The molecule has 3 rings (SSSR count). The number of pyridine rings is 1. The van der Waals surface area contributed by atoms with Crippen molar-refractivity contribution in [2.45, 2.75) is 45.1 Å². The summed E-state index contributed by atoms with van der Waals surface area (Å²) in [5, 5.41) is 0. The van der Waals surface area contributed by atoms with Crippen molar-refractivity contribution < 1.29 is 13.2 Å². The zero-order valence-electron chi connectivity index (χ0n) is 17.0. The van der Waals surface area contributed by atoms with Crippen LogP contribution < -0.4 is 10.3 Å². The van der Waals surface area contributed by atoms with E-state index in [0.717, 1.165) is 18.4 Å². The van der Waals surface area contributed by atoms with Gasteiger partial charge in [0.1, 0.15) is 12.2 Å². The van der Waals surface area contributed by atoms with Gasteiger partial charge < -0.3 is 9.47 Å². The van der Waals surface area contributed by atoms with Crippen molar-refractivity contribution in [2.75, 3.05) is 17.8 Å². The lowest BCUT2D eigenvalue weighted by Crippen LogP contribution is -2.41. The Balaban J connectivity index is 1.82. The number of hydrogen-bond donors (Lipinski definition) is 1. The average Bonchev–Trinajstić information content (AvgIpc) is 2.68. The van der Waals surface area contributed by atoms with Crippen LogP contribution in [0.3, 0.4) is 0 Å². The average molecular weight is 418 g/mol. The van der Waals surface area contributed by atoms with Crippen LogP contribution in [0.4, 0.5) is 5.69 Å². The van der Waals surface area contributed by atoms with Crippen LogP contribution in [0.15, 0.2) is 46.1 Å². The van der Waals surface area contributed by atoms with E-state index in [0.29, 0.717) is 24.7 Å². The van der Waals surface area contributed by atoms with E-state index in [-0.39, 0.29) is 23.0 Å². The number of likely N-dealkylation sites (tertiary alicyclic amines) is 1. The minimum absolute atomic E-state index is 0.0729. The Kier molecular flexibility index (Phi) is 6.12. The Morgan fingerprint density at radius 3 is 2.31 bits per heavy atom. The molecule has 2 aromatic rings. The lowest BCUT2D eigenvalue weighted by atomic mass is 9.99. The number of anilines is 1. The van der Waals surface area contributed by atoms with Crippen LogP contribution in [0.1, 0.15) is 31.0 Å². The first kappa shape index (κ1) is 21.1. The predicted octanol–water partition coefficient (Wildman–Crippen LogP) is 2.52. The number of amides is 1. The molecule has 0 aliphatic carbocycles. The van der Waals surface area contributed by atoms with Gasteiger partial charge in [0.05, 0.1) is 4.90 Å². The second kappa shape index (κ2) is 8.41. The van der Waals surface area contributed by atoms with Gasteiger partial charge in [-0.15, -0.1) is 0 Å². The van der Waals surface area contributed by atoms with E-state index >= 15 is 0 Å². The summed E-state index contributed by atoms with van der Waals surface area (Å²) >= 11 is 0. The maximum atomic E-state index is 12.9. The topological polar surface area (TPSA) is 88.5 Å². The lowest BCUT2D eigenvalue weighted by molar-refractivity contribution is -0.133. The molecule has 1 saturated heterocycles. The highest BCUT2D eigenvalue weighted by atomic mass is 32.2. The van der Waals surface area contributed by atoms with Gasteiger partial charge in [-0.25, -0.2) is 8.42 Å². The normalized spacial score (nSPS) is 15.3. The number of carbonyl (C=O) groups excluding carboxylic acids is 1. The first-order valence-electron chi connectivity index (χ1n) is 9.75. The second-order valence-corrected chi connectivity index (χ2v) is 9.44. The first-order valence-corrected chi connectivity index (χ1v) is 11.2. The molecule has 0 spiro atoms. The third-order valence-corrected chi connectivity index (χ3v) is 6.78. The van der Waals surface area contributed by atoms with Crippen molar-refractivity contribution >= 4 is 21.6 Å². The summed E-state index contributed by atoms with van der Waals surface area (Å²) in [5.41, 5.74) is 0.940. The molecule has 0 radical (unpaired) electrons. The van der Waals surface area contributed by atoms with E-state index in [2.05, 4.69) is 11.6 Å². The Bertz CT molecular complexity index is 1050. The number of benzene rings is 1. The van der Waals surface area contributed by atoms with Gasteiger partial charge in [0, 0.05) is 18.8 Å². The van der Waals surface area contributed by atoms with Crippen LogP contribution in [-0.2, 0) is 21.4 Å². The fraction of sp³-hybridized carbons (Fsp3) is 0.429. The quantitative estimate of drug-likeness (QED) is 0.810. The molecule has 1 N–H and O–H groups in total. The van der Waals surface area contributed by atoms with Crippen LogP contribution in [0.25, 0.3) is 0 Å². The molecule has 1 aromatic heterocycles. The van der Waals surface area contributed by atoms with Gasteiger partial charge >= 0.3 is 0 Å². The number of hydrogen-bond acceptors (Lipinski definition) is 4. The molecule has 1 aliphatic rings. The molecular formula is C21H27N3O4S. The van der Waals surface area contributed by atoms with Crippen LogP contribution in [-0.4, -0.2) is 36.9 Å². The van der Waals surface area contributed by atoms with Crippen LogP contribution in [0.2, 0.25) is 0 Å². The van der Waals surface area contributed by atoms with Gasteiger partial charge in [0.2, 0.25) is 5.91 Å². The summed E-state index contributed by atoms with van der Waals surface area (Å²) in [4.78, 5) is 27.4. The third-order valence-electron chi connectivity index (χ3n) is 5.40. The molecule has 1 fully saturated rings. The van der Waals surface area contributed by atoms with Crippen molar-refractivity contribution in [1.29, 1.82) is 0 Å². The van der Waals surface area contributed by atoms with Crippen molar-refractivity contribution in [2.24, 2.45) is 5.92 Å². The molecule has 2 heterocycles. The van der Waals surface area contributed by atoms with Crippen LogP contribution >= 0.6 is 0 Å². The predicted molar refractivity (Wildman–Crippen MR) is 112 cm³/mol. The Morgan fingerprint density at radius 1 is 1.07 bits per heavy atom. The molecule has 29 heavy (non-hydrogen) atoms. The molecule has 1 aromatic carbocycles. The number of rotatable bonds is 5. The highest BCUT2D eigenvalue weighted by molar-refractivity contribution is 7.92. The monoisotopic (exact) mass is 417 g/mol. The van der Waals surface area contributed by atoms with Crippen molar-refractivity contribution in [3.8, 4) is 0 Å². The molecule has 8 heteroatoms. The molecule has 156 valence electrons. The van der Waals surface area contributed by atoms with E-state index in [9.17, 15) is 18.0 Å². The van der Waals surface area contributed by atoms with E-state index in [4.69, 9.17) is 0 Å². The zero-order chi connectivity index (χ0) is 21.2. The van der Waals surface area contributed by atoms with E-state index in [1.165, 1.54) is 22.8 Å². The van der Waals surface area contributed by atoms with Gasteiger partial charge in [-0.2, -0.15) is 0 Å². The summed E-state index contributed by atoms with van der Waals surface area (Å²) in [6.45, 7) is 7.04. The summed E-state index contributed by atoms with van der Waals surface area (Å²) in [7, 11) is -3.90. The van der Waals surface area contributed by atoms with E-state index in [1.54, 1.807) is 30.0 Å². The number of aryl methyl sites for hydroxylation is 2. The summed E-state index contributed by atoms with van der Waals surface area (Å²) in [6, 6.07) is 9.45. The fourth-order valence-corrected chi connectivity index (χ4v) is 4.42. The van der Waals surface area contributed by atoms with Crippen molar-refractivity contribution in [1.82, 2.24) is 9.47 Å². The van der Waals surface area contributed by atoms with Gasteiger partial charge in [-0.1, -0.05) is 24.6 Å². The van der Waals surface area contributed by atoms with Gasteiger partial charge in [-0.3, -0.25) is 14.3 Å². The van der Waals surface area contributed by atoms with E-state index in [1.807, 2.05) is 6.92 Å². The van der Waals surface area contributed by atoms with Gasteiger partial charge in [-0.05, 0) is 56.9 Å². The first-order chi connectivity index (χ1) is 13.7. The largest absolute Gasteiger partial charge is 0.341 e. The van der Waals surface area contributed by atoms with E-state index < -0.39 is 15.6 Å². The van der Waals surface area contributed by atoms with Crippen molar-refractivity contribution in [3.63, 3.8) is 0 Å².